The lowest BCUT2D eigenvalue weighted by Gasteiger charge is -2.27. The molecule has 1 aliphatic rings. The van der Waals surface area contributed by atoms with Gasteiger partial charge in [-0.05, 0) is 74.1 Å². The third kappa shape index (κ3) is 4.51. The SMILES string of the molecule is COCC(=O)Nc1ccc(N2C(=S)N[C@@H](c3ccccn3)[C@H]2c2ccn(C(C)C)c2)cc1. The molecule has 1 saturated heterocycles. The number of thiocarbonyl (C=S) groups is 1. The molecule has 0 spiro atoms. The van der Waals surface area contributed by atoms with E-state index >= 15 is 0 Å². The number of hydrogen-bond donors (Lipinski definition) is 2. The lowest BCUT2D eigenvalue weighted by molar-refractivity contribution is -0.119. The Kier molecular flexibility index (Phi) is 6.53. The Bertz CT molecular complexity index is 1080. The number of anilines is 2. The van der Waals surface area contributed by atoms with Gasteiger partial charge in [0.2, 0.25) is 5.91 Å². The Labute approximate surface area is 193 Å². The Morgan fingerprint density at radius 1 is 1.22 bits per heavy atom. The molecule has 4 rings (SSSR count). The van der Waals surface area contributed by atoms with E-state index in [2.05, 4.69) is 57.4 Å². The summed E-state index contributed by atoms with van der Waals surface area (Å²) < 4.78 is 7.07. The summed E-state index contributed by atoms with van der Waals surface area (Å²) in [4.78, 5) is 18.5. The number of methoxy groups -OCH3 is 1. The summed E-state index contributed by atoms with van der Waals surface area (Å²) in [6, 6.07) is 15.9. The van der Waals surface area contributed by atoms with Crippen LogP contribution >= 0.6 is 12.2 Å². The van der Waals surface area contributed by atoms with Crippen LogP contribution in [0.1, 0.15) is 43.2 Å². The van der Waals surface area contributed by atoms with Gasteiger partial charge >= 0.3 is 0 Å². The molecule has 1 aliphatic heterocycles. The summed E-state index contributed by atoms with van der Waals surface area (Å²) in [5.41, 5.74) is 3.73. The molecule has 7 nitrogen and oxygen atoms in total. The largest absolute Gasteiger partial charge is 0.375 e. The van der Waals surface area contributed by atoms with Crippen molar-refractivity contribution in [2.45, 2.75) is 32.0 Å². The van der Waals surface area contributed by atoms with Crippen LogP contribution in [-0.4, -0.2) is 34.3 Å². The molecule has 2 aromatic heterocycles. The van der Waals surface area contributed by atoms with Gasteiger partial charge in [0.05, 0.1) is 17.8 Å². The van der Waals surface area contributed by atoms with E-state index < -0.39 is 0 Å². The topological polar surface area (TPSA) is 71.4 Å². The summed E-state index contributed by atoms with van der Waals surface area (Å²) in [7, 11) is 1.49. The van der Waals surface area contributed by atoms with Gasteiger partial charge < -0.3 is 24.8 Å². The Balaban J connectivity index is 1.68. The molecule has 32 heavy (non-hydrogen) atoms. The minimum atomic E-state index is -0.193. The minimum absolute atomic E-state index is 0.0164. The highest BCUT2D eigenvalue weighted by Gasteiger charge is 2.41. The van der Waals surface area contributed by atoms with Crippen LogP contribution in [0.25, 0.3) is 0 Å². The predicted molar refractivity (Wildman–Crippen MR) is 130 cm³/mol. The summed E-state index contributed by atoms with van der Waals surface area (Å²) in [5.74, 6) is -0.193. The van der Waals surface area contributed by atoms with E-state index in [9.17, 15) is 4.79 Å². The van der Waals surface area contributed by atoms with Gasteiger partial charge in [-0.25, -0.2) is 0 Å². The number of nitrogens with one attached hydrogen (secondary N) is 2. The van der Waals surface area contributed by atoms with Crippen LogP contribution in [-0.2, 0) is 9.53 Å². The highest BCUT2D eigenvalue weighted by atomic mass is 32.1. The summed E-state index contributed by atoms with van der Waals surface area (Å²) >= 11 is 5.77. The number of nitrogens with zero attached hydrogens (tertiary/aromatic N) is 3. The van der Waals surface area contributed by atoms with Gasteiger partial charge in [0.15, 0.2) is 5.11 Å². The maximum Gasteiger partial charge on any atom is 0.250 e. The molecular weight excluding hydrogens is 422 g/mol. The quantitative estimate of drug-likeness (QED) is 0.526. The average molecular weight is 450 g/mol. The molecule has 166 valence electrons. The van der Waals surface area contributed by atoms with Crippen molar-refractivity contribution in [3.05, 3.63) is 78.4 Å². The van der Waals surface area contributed by atoms with Gasteiger partial charge in [-0.1, -0.05) is 6.07 Å². The van der Waals surface area contributed by atoms with E-state index in [1.165, 1.54) is 7.11 Å². The fourth-order valence-corrected chi connectivity index (χ4v) is 4.28. The number of pyridine rings is 1. The first kappa shape index (κ1) is 22.0. The molecule has 2 atom stereocenters. The van der Waals surface area contributed by atoms with E-state index in [1.807, 2.05) is 42.5 Å². The highest BCUT2D eigenvalue weighted by molar-refractivity contribution is 7.80. The summed E-state index contributed by atoms with van der Waals surface area (Å²) in [6.45, 7) is 4.33. The molecule has 3 heterocycles. The first-order valence-corrected chi connectivity index (χ1v) is 11.0. The first-order valence-electron chi connectivity index (χ1n) is 10.5. The van der Waals surface area contributed by atoms with Gasteiger partial charge in [0.1, 0.15) is 6.61 Å². The Morgan fingerprint density at radius 2 is 2.00 bits per heavy atom. The molecule has 1 amide bonds. The van der Waals surface area contributed by atoms with Crippen molar-refractivity contribution >= 4 is 34.6 Å². The number of rotatable bonds is 7. The lowest BCUT2D eigenvalue weighted by Crippen LogP contribution is -2.29. The van der Waals surface area contributed by atoms with Crippen LogP contribution in [0.3, 0.4) is 0 Å². The van der Waals surface area contributed by atoms with Crippen molar-refractivity contribution in [1.29, 1.82) is 0 Å². The molecule has 0 bridgehead atoms. The van der Waals surface area contributed by atoms with Crippen molar-refractivity contribution in [1.82, 2.24) is 14.9 Å². The maximum atomic E-state index is 11.8. The standard InChI is InChI=1S/C24H27N5O2S/c1-16(2)28-13-11-17(14-28)23-22(20-6-4-5-12-25-20)27-24(32)29(23)19-9-7-18(8-10-19)26-21(30)15-31-3/h4-14,16,22-23H,15H2,1-3H3,(H,26,30)(H,27,32)/t22-,23+/m0/s1. The zero-order valence-corrected chi connectivity index (χ0v) is 19.2. The maximum absolute atomic E-state index is 11.8. The van der Waals surface area contributed by atoms with E-state index in [4.69, 9.17) is 17.0 Å². The second kappa shape index (κ2) is 9.50. The van der Waals surface area contributed by atoms with E-state index in [1.54, 1.807) is 6.20 Å². The van der Waals surface area contributed by atoms with E-state index in [0.717, 1.165) is 16.9 Å². The number of benzene rings is 1. The third-order valence-corrected chi connectivity index (χ3v) is 5.79. The average Bonchev–Trinajstić information content (AvgIpc) is 3.40. The van der Waals surface area contributed by atoms with Crippen molar-refractivity contribution in [3.8, 4) is 0 Å². The van der Waals surface area contributed by atoms with Crippen molar-refractivity contribution in [2.75, 3.05) is 23.9 Å². The molecule has 0 aliphatic carbocycles. The van der Waals surface area contributed by atoms with Crippen LogP contribution in [0.5, 0.6) is 0 Å². The number of carbonyl (C=O) groups is 1. The number of hydrogen-bond acceptors (Lipinski definition) is 4. The summed E-state index contributed by atoms with van der Waals surface area (Å²) in [5, 5.41) is 6.93. The van der Waals surface area contributed by atoms with Crippen molar-refractivity contribution in [3.63, 3.8) is 0 Å². The van der Waals surface area contributed by atoms with Gasteiger partial charge in [-0.3, -0.25) is 9.78 Å². The summed E-state index contributed by atoms with van der Waals surface area (Å²) in [6.07, 6.45) is 6.08. The second-order valence-corrected chi connectivity index (χ2v) is 8.40. The van der Waals surface area contributed by atoms with Crippen molar-refractivity contribution in [2.24, 2.45) is 0 Å². The van der Waals surface area contributed by atoms with Crippen LogP contribution < -0.4 is 15.5 Å². The normalized spacial score (nSPS) is 18.1. The molecule has 1 aromatic carbocycles. The molecule has 2 N–H and O–H groups in total. The third-order valence-electron chi connectivity index (χ3n) is 5.48. The van der Waals surface area contributed by atoms with Crippen molar-refractivity contribution < 1.29 is 9.53 Å². The molecule has 8 heteroatoms. The molecule has 0 radical (unpaired) electrons. The zero-order valence-electron chi connectivity index (χ0n) is 18.4. The number of ether oxygens (including phenoxy) is 1. The lowest BCUT2D eigenvalue weighted by atomic mass is 9.98. The fourth-order valence-electron chi connectivity index (χ4n) is 3.93. The van der Waals surface area contributed by atoms with Gasteiger partial charge in [0, 0.05) is 43.1 Å². The molecule has 3 aromatic rings. The Morgan fingerprint density at radius 3 is 2.62 bits per heavy atom. The Hall–Kier alpha value is -3.23. The smallest absolute Gasteiger partial charge is 0.250 e. The van der Waals surface area contributed by atoms with E-state index in [-0.39, 0.29) is 24.6 Å². The number of aromatic nitrogens is 2. The molecule has 0 saturated carbocycles. The predicted octanol–water partition coefficient (Wildman–Crippen LogP) is 4.23. The fraction of sp³-hybridized carbons (Fsp3) is 0.292. The highest BCUT2D eigenvalue weighted by Crippen LogP contribution is 2.41. The number of amides is 1. The number of carbonyl (C=O) groups excluding carboxylic acids is 1. The van der Waals surface area contributed by atoms with E-state index in [0.29, 0.717) is 16.8 Å². The minimum Gasteiger partial charge on any atom is -0.375 e. The molecule has 1 fully saturated rings. The molecule has 0 unspecified atom stereocenters. The monoisotopic (exact) mass is 449 g/mol. The van der Waals surface area contributed by atoms with Crippen LogP contribution in [0.4, 0.5) is 11.4 Å². The zero-order chi connectivity index (χ0) is 22.7. The van der Waals surface area contributed by atoms with Crippen LogP contribution in [0.15, 0.2) is 67.1 Å². The van der Waals surface area contributed by atoms with Crippen LogP contribution in [0.2, 0.25) is 0 Å². The van der Waals surface area contributed by atoms with Crippen LogP contribution in [0, 0.1) is 0 Å². The van der Waals surface area contributed by atoms with Gasteiger partial charge in [-0.15, -0.1) is 0 Å². The molecular formula is C24H27N5O2S. The second-order valence-electron chi connectivity index (χ2n) is 8.01. The van der Waals surface area contributed by atoms with Gasteiger partial charge in [0.25, 0.3) is 0 Å². The van der Waals surface area contributed by atoms with Gasteiger partial charge in [-0.2, -0.15) is 0 Å². The first-order chi connectivity index (χ1) is 15.5.